The first kappa shape index (κ1) is 9.52. The van der Waals surface area contributed by atoms with Crippen molar-refractivity contribution in [2.45, 2.75) is 39.3 Å². The second-order valence-electron chi connectivity index (χ2n) is 4.12. The fraction of sp³-hybridized carbons (Fsp3) is 0.889. The van der Waals surface area contributed by atoms with E-state index in [0.29, 0.717) is 18.4 Å². The van der Waals surface area contributed by atoms with E-state index < -0.39 is 5.60 Å². The molecule has 1 N–H and O–H groups in total. The fourth-order valence-electron chi connectivity index (χ4n) is 1.07. The molecule has 0 aromatic rings. The number of ether oxygens (including phenoxy) is 1. The van der Waals surface area contributed by atoms with E-state index >= 15 is 0 Å². The van der Waals surface area contributed by atoms with Crippen LogP contribution in [-0.4, -0.2) is 29.3 Å². The highest BCUT2D eigenvalue weighted by Crippen LogP contribution is 2.18. The van der Waals surface area contributed by atoms with Crippen molar-refractivity contribution >= 4 is 5.90 Å². The molecule has 0 amide bonds. The molecule has 0 spiro atoms. The second kappa shape index (κ2) is 3.05. The lowest BCUT2D eigenvalue weighted by Gasteiger charge is -2.15. The lowest BCUT2D eigenvalue weighted by atomic mass is 10.1. The standard InChI is InChI=1S/C9H17NO2/c1-6(2)7-5-12-8(10-7)9(3,4)11/h6-7,11H,5H2,1-4H3/t7-/m0/s1. The van der Waals surface area contributed by atoms with Crippen molar-refractivity contribution in [3.8, 4) is 0 Å². The van der Waals surface area contributed by atoms with Crippen molar-refractivity contribution in [3.05, 3.63) is 0 Å². The van der Waals surface area contributed by atoms with Gasteiger partial charge in [-0.2, -0.15) is 0 Å². The summed E-state index contributed by atoms with van der Waals surface area (Å²) in [6.07, 6.45) is 0. The van der Waals surface area contributed by atoms with Crippen LogP contribution in [0.25, 0.3) is 0 Å². The molecule has 0 bridgehead atoms. The van der Waals surface area contributed by atoms with Gasteiger partial charge in [-0.05, 0) is 19.8 Å². The minimum absolute atomic E-state index is 0.214. The van der Waals surface area contributed by atoms with E-state index in [2.05, 4.69) is 18.8 Å². The van der Waals surface area contributed by atoms with Crippen LogP contribution in [0.4, 0.5) is 0 Å². The summed E-state index contributed by atoms with van der Waals surface area (Å²) in [4.78, 5) is 4.30. The summed E-state index contributed by atoms with van der Waals surface area (Å²) in [6.45, 7) is 8.19. The number of hydrogen-bond acceptors (Lipinski definition) is 3. The maximum Gasteiger partial charge on any atom is 0.216 e. The Morgan fingerprint density at radius 2 is 2.17 bits per heavy atom. The highest BCUT2D eigenvalue weighted by Gasteiger charge is 2.31. The largest absolute Gasteiger partial charge is 0.477 e. The predicted molar refractivity (Wildman–Crippen MR) is 48.3 cm³/mol. The van der Waals surface area contributed by atoms with Crippen LogP contribution in [0.3, 0.4) is 0 Å². The molecule has 3 nitrogen and oxygen atoms in total. The first-order valence-corrected chi connectivity index (χ1v) is 4.34. The predicted octanol–water partition coefficient (Wildman–Crippen LogP) is 1.21. The summed E-state index contributed by atoms with van der Waals surface area (Å²) in [5.74, 6) is 0.950. The highest BCUT2D eigenvalue weighted by atomic mass is 16.5. The smallest absolute Gasteiger partial charge is 0.216 e. The maximum atomic E-state index is 9.56. The van der Waals surface area contributed by atoms with Gasteiger partial charge in [0.25, 0.3) is 0 Å². The van der Waals surface area contributed by atoms with Crippen LogP contribution in [0, 0.1) is 5.92 Å². The molecule has 1 atom stereocenters. The molecule has 0 unspecified atom stereocenters. The van der Waals surface area contributed by atoms with Crippen LogP contribution in [0.2, 0.25) is 0 Å². The van der Waals surface area contributed by atoms with Gasteiger partial charge in [-0.1, -0.05) is 13.8 Å². The van der Waals surface area contributed by atoms with Gasteiger partial charge in [0.1, 0.15) is 12.2 Å². The molecule has 1 heterocycles. The van der Waals surface area contributed by atoms with Crippen molar-refractivity contribution < 1.29 is 9.84 Å². The third kappa shape index (κ3) is 1.97. The molecule has 0 aromatic heterocycles. The van der Waals surface area contributed by atoms with Gasteiger partial charge in [-0.25, -0.2) is 4.99 Å². The minimum atomic E-state index is -0.927. The van der Waals surface area contributed by atoms with E-state index in [-0.39, 0.29) is 6.04 Å². The Morgan fingerprint density at radius 3 is 2.42 bits per heavy atom. The molecule has 1 aliphatic heterocycles. The van der Waals surface area contributed by atoms with E-state index in [1.54, 1.807) is 13.8 Å². The lowest BCUT2D eigenvalue weighted by molar-refractivity contribution is 0.120. The molecule has 1 aliphatic rings. The van der Waals surface area contributed by atoms with Crippen molar-refractivity contribution in [1.29, 1.82) is 0 Å². The Balaban J connectivity index is 2.66. The first-order valence-electron chi connectivity index (χ1n) is 4.34. The Kier molecular flexibility index (Phi) is 2.42. The zero-order chi connectivity index (χ0) is 9.35. The van der Waals surface area contributed by atoms with E-state index in [4.69, 9.17) is 4.74 Å². The van der Waals surface area contributed by atoms with Crippen LogP contribution < -0.4 is 0 Å². The third-order valence-electron chi connectivity index (χ3n) is 1.97. The van der Waals surface area contributed by atoms with Crippen LogP contribution in [0.1, 0.15) is 27.7 Å². The molecule has 0 aliphatic carbocycles. The Hall–Kier alpha value is -0.570. The van der Waals surface area contributed by atoms with Gasteiger partial charge < -0.3 is 9.84 Å². The number of nitrogens with zero attached hydrogens (tertiary/aromatic N) is 1. The quantitative estimate of drug-likeness (QED) is 0.678. The number of aliphatic imine (C=N–C) groups is 1. The van der Waals surface area contributed by atoms with E-state index in [0.717, 1.165) is 0 Å². The zero-order valence-electron chi connectivity index (χ0n) is 8.16. The molecule has 3 heteroatoms. The molecule has 1 rings (SSSR count). The number of hydrogen-bond donors (Lipinski definition) is 1. The number of aliphatic hydroxyl groups is 1. The van der Waals surface area contributed by atoms with Crippen molar-refractivity contribution in [3.63, 3.8) is 0 Å². The van der Waals surface area contributed by atoms with E-state index in [1.165, 1.54) is 0 Å². The Bertz CT molecular complexity index is 191. The summed E-state index contributed by atoms with van der Waals surface area (Å²) >= 11 is 0. The second-order valence-corrected chi connectivity index (χ2v) is 4.12. The SMILES string of the molecule is CC(C)[C@@H]1COC(C(C)(C)O)=N1. The Labute approximate surface area is 73.5 Å². The summed E-state index contributed by atoms with van der Waals surface area (Å²) < 4.78 is 5.29. The van der Waals surface area contributed by atoms with Crippen LogP contribution in [-0.2, 0) is 4.74 Å². The van der Waals surface area contributed by atoms with Gasteiger partial charge in [0.2, 0.25) is 5.90 Å². The van der Waals surface area contributed by atoms with Gasteiger partial charge in [0.15, 0.2) is 0 Å². The van der Waals surface area contributed by atoms with Crippen molar-refractivity contribution in [1.82, 2.24) is 0 Å². The number of rotatable bonds is 2. The average Bonchev–Trinajstić information content (AvgIpc) is 2.30. The molecular weight excluding hydrogens is 154 g/mol. The maximum absolute atomic E-state index is 9.56. The normalized spacial score (nSPS) is 24.2. The van der Waals surface area contributed by atoms with Gasteiger partial charge in [-0.15, -0.1) is 0 Å². The molecule has 0 fully saturated rings. The minimum Gasteiger partial charge on any atom is -0.477 e. The molecule has 12 heavy (non-hydrogen) atoms. The zero-order valence-corrected chi connectivity index (χ0v) is 8.16. The molecule has 0 saturated heterocycles. The topological polar surface area (TPSA) is 41.8 Å². The monoisotopic (exact) mass is 171 g/mol. The van der Waals surface area contributed by atoms with Crippen LogP contribution >= 0.6 is 0 Å². The molecule has 70 valence electrons. The van der Waals surface area contributed by atoms with E-state index in [9.17, 15) is 5.11 Å². The molecule has 0 saturated carbocycles. The van der Waals surface area contributed by atoms with Crippen LogP contribution in [0.15, 0.2) is 4.99 Å². The molecule has 0 radical (unpaired) electrons. The molecule has 0 aromatic carbocycles. The summed E-state index contributed by atoms with van der Waals surface area (Å²) in [5.41, 5.74) is -0.927. The van der Waals surface area contributed by atoms with Gasteiger partial charge >= 0.3 is 0 Å². The fourth-order valence-corrected chi connectivity index (χ4v) is 1.07. The van der Waals surface area contributed by atoms with Gasteiger partial charge in [-0.3, -0.25) is 0 Å². The van der Waals surface area contributed by atoms with E-state index in [1.807, 2.05) is 0 Å². The summed E-state index contributed by atoms with van der Waals surface area (Å²) in [7, 11) is 0. The van der Waals surface area contributed by atoms with Crippen molar-refractivity contribution in [2.24, 2.45) is 10.9 Å². The lowest BCUT2D eigenvalue weighted by Crippen LogP contribution is -2.31. The van der Waals surface area contributed by atoms with Gasteiger partial charge in [0.05, 0.1) is 6.04 Å². The average molecular weight is 171 g/mol. The molecular formula is C9H17NO2. The van der Waals surface area contributed by atoms with Crippen LogP contribution in [0.5, 0.6) is 0 Å². The third-order valence-corrected chi connectivity index (χ3v) is 1.97. The highest BCUT2D eigenvalue weighted by molar-refractivity contribution is 5.85. The summed E-state index contributed by atoms with van der Waals surface area (Å²) in [5, 5.41) is 9.56. The van der Waals surface area contributed by atoms with Gasteiger partial charge in [0, 0.05) is 0 Å². The van der Waals surface area contributed by atoms with Crippen molar-refractivity contribution in [2.75, 3.05) is 6.61 Å². The summed E-state index contributed by atoms with van der Waals surface area (Å²) in [6, 6.07) is 0.214. The first-order chi connectivity index (χ1) is 5.41. The Morgan fingerprint density at radius 1 is 1.58 bits per heavy atom.